The normalized spacial score (nSPS) is 33.9. The minimum absolute atomic E-state index is 0.416. The second-order valence-electron chi connectivity index (χ2n) is 6.87. The van der Waals surface area contributed by atoms with Gasteiger partial charge in [-0.1, -0.05) is 27.7 Å². The molecule has 2 aliphatic rings. The van der Waals surface area contributed by atoms with Gasteiger partial charge in [-0.25, -0.2) is 0 Å². The summed E-state index contributed by atoms with van der Waals surface area (Å²) in [5.41, 5.74) is 0.416. The molecule has 1 saturated carbocycles. The molecule has 1 saturated heterocycles. The molecule has 2 heteroatoms. The summed E-state index contributed by atoms with van der Waals surface area (Å²) in [7, 11) is 0. The average molecular weight is 239 g/mol. The highest BCUT2D eigenvalue weighted by Gasteiger charge is 2.50. The molecular formula is C15H29NO. The average Bonchev–Trinajstić information content (AvgIpc) is 2.98. The van der Waals surface area contributed by atoms with Crippen molar-refractivity contribution in [1.82, 2.24) is 5.32 Å². The summed E-state index contributed by atoms with van der Waals surface area (Å²) < 4.78 is 6.09. The van der Waals surface area contributed by atoms with Gasteiger partial charge in [-0.05, 0) is 37.5 Å². The van der Waals surface area contributed by atoms with Crippen LogP contribution in [-0.2, 0) is 4.74 Å². The quantitative estimate of drug-likeness (QED) is 0.768. The first-order chi connectivity index (χ1) is 8.03. The van der Waals surface area contributed by atoms with Crippen LogP contribution in [0.5, 0.6) is 0 Å². The topological polar surface area (TPSA) is 21.3 Å². The summed E-state index contributed by atoms with van der Waals surface area (Å²) in [5, 5.41) is 3.67. The van der Waals surface area contributed by atoms with Crippen molar-refractivity contribution in [3.63, 3.8) is 0 Å². The van der Waals surface area contributed by atoms with Gasteiger partial charge in [0.2, 0.25) is 0 Å². The summed E-state index contributed by atoms with van der Waals surface area (Å²) >= 11 is 0. The van der Waals surface area contributed by atoms with E-state index in [2.05, 4.69) is 33.0 Å². The van der Waals surface area contributed by atoms with Gasteiger partial charge >= 0.3 is 0 Å². The number of hydrogen-bond donors (Lipinski definition) is 1. The first-order valence-corrected chi connectivity index (χ1v) is 7.38. The third kappa shape index (κ3) is 3.23. The van der Waals surface area contributed by atoms with Crippen LogP contribution in [0.4, 0.5) is 0 Å². The van der Waals surface area contributed by atoms with Crippen molar-refractivity contribution >= 4 is 0 Å². The first-order valence-electron chi connectivity index (χ1n) is 7.38. The fourth-order valence-electron chi connectivity index (χ4n) is 3.44. The molecule has 17 heavy (non-hydrogen) atoms. The molecule has 100 valence electrons. The van der Waals surface area contributed by atoms with E-state index < -0.39 is 0 Å². The van der Waals surface area contributed by atoms with Gasteiger partial charge in [0.25, 0.3) is 0 Å². The van der Waals surface area contributed by atoms with Crippen molar-refractivity contribution in [2.45, 2.75) is 65.5 Å². The Kier molecular flexibility index (Phi) is 4.14. The second-order valence-corrected chi connectivity index (χ2v) is 6.87. The zero-order valence-corrected chi connectivity index (χ0v) is 12.0. The number of nitrogens with one attached hydrogen (secondary N) is 1. The molecule has 2 rings (SSSR count). The van der Waals surface area contributed by atoms with E-state index in [9.17, 15) is 0 Å². The lowest BCUT2D eigenvalue weighted by atomic mass is 9.73. The number of hydrogen-bond acceptors (Lipinski definition) is 2. The standard InChI is InChI=1S/C15H29NO/c1-11(2)9-15(10-16-12(3)4)7-8-17-14(15)13-5-6-13/h11-14,16H,5-10H2,1-4H3. The van der Waals surface area contributed by atoms with Gasteiger partial charge in [0.05, 0.1) is 6.10 Å². The molecule has 1 aliphatic carbocycles. The highest BCUT2D eigenvalue weighted by atomic mass is 16.5. The van der Waals surface area contributed by atoms with Crippen molar-refractivity contribution in [2.24, 2.45) is 17.3 Å². The second kappa shape index (κ2) is 5.27. The molecule has 2 unspecified atom stereocenters. The van der Waals surface area contributed by atoms with Gasteiger partial charge in [0.1, 0.15) is 0 Å². The predicted molar refractivity (Wildman–Crippen MR) is 72.1 cm³/mol. The molecule has 0 aromatic rings. The van der Waals surface area contributed by atoms with Crippen LogP contribution in [0.15, 0.2) is 0 Å². The SMILES string of the molecule is CC(C)CC1(CNC(C)C)CCOC1C1CC1. The Bertz CT molecular complexity index is 247. The summed E-state index contributed by atoms with van der Waals surface area (Å²) in [6.45, 7) is 11.3. The zero-order chi connectivity index (χ0) is 12.5. The van der Waals surface area contributed by atoms with Crippen molar-refractivity contribution in [1.29, 1.82) is 0 Å². The molecular weight excluding hydrogens is 210 g/mol. The molecule has 1 N–H and O–H groups in total. The van der Waals surface area contributed by atoms with E-state index in [0.29, 0.717) is 17.6 Å². The molecule has 1 aliphatic heterocycles. The van der Waals surface area contributed by atoms with Gasteiger partial charge in [-0.3, -0.25) is 0 Å². The van der Waals surface area contributed by atoms with Crippen LogP contribution < -0.4 is 5.32 Å². The lowest BCUT2D eigenvalue weighted by molar-refractivity contribution is 0.0199. The van der Waals surface area contributed by atoms with Crippen molar-refractivity contribution in [2.75, 3.05) is 13.2 Å². The third-order valence-corrected chi connectivity index (χ3v) is 4.23. The molecule has 0 aromatic heterocycles. The molecule has 0 bridgehead atoms. The molecule has 0 radical (unpaired) electrons. The van der Waals surface area contributed by atoms with Gasteiger partial charge in [-0.15, -0.1) is 0 Å². The van der Waals surface area contributed by atoms with Crippen LogP contribution in [0.3, 0.4) is 0 Å². The van der Waals surface area contributed by atoms with E-state index in [-0.39, 0.29) is 0 Å². The fraction of sp³-hybridized carbons (Fsp3) is 1.00. The van der Waals surface area contributed by atoms with Crippen LogP contribution in [-0.4, -0.2) is 25.3 Å². The van der Waals surface area contributed by atoms with E-state index in [1.165, 1.54) is 25.7 Å². The van der Waals surface area contributed by atoms with Gasteiger partial charge in [0.15, 0.2) is 0 Å². The summed E-state index contributed by atoms with van der Waals surface area (Å²) in [4.78, 5) is 0. The maximum Gasteiger partial charge on any atom is 0.0672 e. The van der Waals surface area contributed by atoms with E-state index in [1.54, 1.807) is 0 Å². The molecule has 0 spiro atoms. The van der Waals surface area contributed by atoms with Crippen molar-refractivity contribution in [3.05, 3.63) is 0 Å². The Hall–Kier alpha value is -0.0800. The lowest BCUT2D eigenvalue weighted by Crippen LogP contribution is -2.44. The van der Waals surface area contributed by atoms with Crippen molar-refractivity contribution in [3.8, 4) is 0 Å². The summed E-state index contributed by atoms with van der Waals surface area (Å²) in [6.07, 6.45) is 5.90. The molecule has 1 heterocycles. The third-order valence-electron chi connectivity index (χ3n) is 4.23. The Balaban J connectivity index is 2.04. The van der Waals surface area contributed by atoms with Crippen LogP contribution >= 0.6 is 0 Å². The lowest BCUT2D eigenvalue weighted by Gasteiger charge is -2.37. The Morgan fingerprint density at radius 3 is 2.47 bits per heavy atom. The highest BCUT2D eigenvalue weighted by Crippen LogP contribution is 2.50. The van der Waals surface area contributed by atoms with Gasteiger partial charge in [-0.2, -0.15) is 0 Å². The molecule has 0 aromatic carbocycles. The Morgan fingerprint density at radius 2 is 1.94 bits per heavy atom. The van der Waals surface area contributed by atoms with E-state index >= 15 is 0 Å². The Labute approximate surface area is 107 Å². The fourth-order valence-corrected chi connectivity index (χ4v) is 3.44. The minimum atomic E-state index is 0.416. The maximum absolute atomic E-state index is 6.09. The van der Waals surface area contributed by atoms with Crippen LogP contribution in [0.1, 0.15) is 53.4 Å². The van der Waals surface area contributed by atoms with Gasteiger partial charge in [0, 0.05) is 24.6 Å². The van der Waals surface area contributed by atoms with E-state index in [4.69, 9.17) is 4.74 Å². The molecule has 2 fully saturated rings. The van der Waals surface area contributed by atoms with E-state index in [1.807, 2.05) is 0 Å². The smallest absolute Gasteiger partial charge is 0.0672 e. The first kappa shape index (κ1) is 13.4. The highest BCUT2D eigenvalue weighted by molar-refractivity contribution is 5.01. The largest absolute Gasteiger partial charge is 0.377 e. The summed E-state index contributed by atoms with van der Waals surface area (Å²) in [5.74, 6) is 1.64. The molecule has 2 nitrogen and oxygen atoms in total. The number of rotatable bonds is 6. The minimum Gasteiger partial charge on any atom is -0.377 e. The predicted octanol–water partition coefficient (Wildman–Crippen LogP) is 3.22. The van der Waals surface area contributed by atoms with Gasteiger partial charge < -0.3 is 10.1 Å². The Morgan fingerprint density at radius 1 is 1.24 bits per heavy atom. The molecule has 2 atom stereocenters. The summed E-state index contributed by atoms with van der Waals surface area (Å²) in [6, 6.07) is 0.583. The number of ether oxygens (including phenoxy) is 1. The van der Waals surface area contributed by atoms with Crippen LogP contribution in [0, 0.1) is 17.3 Å². The van der Waals surface area contributed by atoms with Crippen LogP contribution in [0.2, 0.25) is 0 Å². The van der Waals surface area contributed by atoms with E-state index in [0.717, 1.165) is 25.0 Å². The van der Waals surface area contributed by atoms with Crippen molar-refractivity contribution < 1.29 is 4.74 Å². The monoisotopic (exact) mass is 239 g/mol. The zero-order valence-electron chi connectivity index (χ0n) is 12.0. The molecule has 0 amide bonds. The maximum atomic E-state index is 6.09. The van der Waals surface area contributed by atoms with Crippen LogP contribution in [0.25, 0.3) is 0 Å².